The van der Waals surface area contributed by atoms with Crippen LogP contribution in [-0.2, 0) is 9.59 Å². The largest absolute Gasteiger partial charge is 0.326 e. The first kappa shape index (κ1) is 20.3. The van der Waals surface area contributed by atoms with E-state index in [1.165, 1.54) is 13.8 Å². The van der Waals surface area contributed by atoms with Gasteiger partial charge in [-0.1, -0.05) is 24.3 Å². The fraction of sp³-hybridized carbons (Fsp3) is 0.0833. The Morgan fingerprint density at radius 2 is 1.12 bits per heavy atom. The molecule has 0 atom stereocenters. The molecule has 0 radical (unpaired) electrons. The molecule has 0 spiro atoms. The Morgan fingerprint density at radius 1 is 0.688 bits per heavy atom. The van der Waals surface area contributed by atoms with Crippen molar-refractivity contribution in [3.05, 3.63) is 60.7 Å². The van der Waals surface area contributed by atoms with E-state index in [0.717, 1.165) is 53.0 Å². The molecular formula is C24H18N4O2S2. The molecule has 0 aliphatic carbocycles. The smallest absolute Gasteiger partial charge is 0.221 e. The van der Waals surface area contributed by atoms with E-state index in [9.17, 15) is 9.59 Å². The Labute approximate surface area is 192 Å². The molecule has 2 aromatic heterocycles. The van der Waals surface area contributed by atoms with Gasteiger partial charge in [0.2, 0.25) is 11.8 Å². The van der Waals surface area contributed by atoms with Crippen LogP contribution in [0.3, 0.4) is 0 Å². The number of hydrogen-bond donors (Lipinski definition) is 2. The van der Waals surface area contributed by atoms with Gasteiger partial charge in [-0.15, -0.1) is 22.7 Å². The molecule has 158 valence electrons. The number of amides is 2. The van der Waals surface area contributed by atoms with Crippen molar-refractivity contribution in [3.8, 4) is 21.1 Å². The minimum absolute atomic E-state index is 0.101. The third-order valence-corrected chi connectivity index (χ3v) is 6.89. The molecule has 0 aliphatic heterocycles. The van der Waals surface area contributed by atoms with E-state index >= 15 is 0 Å². The Morgan fingerprint density at radius 3 is 1.53 bits per heavy atom. The maximum Gasteiger partial charge on any atom is 0.221 e. The van der Waals surface area contributed by atoms with Gasteiger partial charge in [0.25, 0.3) is 0 Å². The second-order valence-corrected chi connectivity index (χ2v) is 9.41. The van der Waals surface area contributed by atoms with E-state index in [-0.39, 0.29) is 11.8 Å². The minimum atomic E-state index is -0.101. The molecule has 32 heavy (non-hydrogen) atoms. The van der Waals surface area contributed by atoms with Crippen LogP contribution in [0.2, 0.25) is 0 Å². The zero-order chi connectivity index (χ0) is 22.2. The monoisotopic (exact) mass is 458 g/mol. The number of carbonyl (C=O) groups is 2. The number of fused-ring (bicyclic) bond motifs is 2. The normalized spacial score (nSPS) is 11.1. The van der Waals surface area contributed by atoms with Crippen LogP contribution in [0, 0.1) is 0 Å². The van der Waals surface area contributed by atoms with Gasteiger partial charge in [-0.2, -0.15) is 0 Å². The standard InChI is InChI=1S/C24H18N4O2S2/c1-13(29)25-17-7-3-5-15(9-17)23-27-19-11-22-20(12-21(19)31-23)28-24(32-22)16-6-4-8-18(10-16)26-14(2)30/h3-12H,1-2H3,(H,25,29)(H,26,30). The Kier molecular flexibility index (Phi) is 5.16. The number of aromatic nitrogens is 2. The predicted octanol–water partition coefficient (Wildman–Crippen LogP) is 6.16. The number of nitrogens with one attached hydrogen (secondary N) is 2. The van der Waals surface area contributed by atoms with Gasteiger partial charge in [0.1, 0.15) is 10.0 Å². The molecule has 5 aromatic rings. The van der Waals surface area contributed by atoms with E-state index in [1.54, 1.807) is 22.7 Å². The van der Waals surface area contributed by atoms with Crippen LogP contribution in [0.4, 0.5) is 11.4 Å². The number of hydrogen-bond acceptors (Lipinski definition) is 6. The van der Waals surface area contributed by atoms with Crippen molar-refractivity contribution in [2.75, 3.05) is 10.6 Å². The summed E-state index contributed by atoms with van der Waals surface area (Å²) < 4.78 is 2.11. The number of rotatable bonds is 4. The molecule has 0 saturated heterocycles. The molecule has 3 aromatic carbocycles. The van der Waals surface area contributed by atoms with Gasteiger partial charge in [0.05, 0.1) is 20.4 Å². The average Bonchev–Trinajstić information content (AvgIpc) is 3.34. The Balaban J connectivity index is 1.50. The molecule has 0 saturated carbocycles. The van der Waals surface area contributed by atoms with E-state index < -0.39 is 0 Å². The highest BCUT2D eigenvalue weighted by Gasteiger charge is 2.13. The zero-order valence-corrected chi connectivity index (χ0v) is 18.9. The van der Waals surface area contributed by atoms with Crippen LogP contribution in [0.15, 0.2) is 60.7 Å². The van der Waals surface area contributed by atoms with E-state index in [2.05, 4.69) is 22.8 Å². The quantitative estimate of drug-likeness (QED) is 0.338. The van der Waals surface area contributed by atoms with Crippen molar-refractivity contribution in [2.24, 2.45) is 0 Å². The molecular weight excluding hydrogens is 440 g/mol. The number of benzene rings is 3. The predicted molar refractivity (Wildman–Crippen MR) is 132 cm³/mol. The number of anilines is 2. The summed E-state index contributed by atoms with van der Waals surface area (Å²) in [5.74, 6) is -0.202. The Bertz CT molecular complexity index is 1340. The third-order valence-electron chi connectivity index (χ3n) is 4.76. The van der Waals surface area contributed by atoms with Crippen molar-refractivity contribution < 1.29 is 9.59 Å². The summed E-state index contributed by atoms with van der Waals surface area (Å²) in [6.07, 6.45) is 0. The lowest BCUT2D eigenvalue weighted by Crippen LogP contribution is -2.05. The van der Waals surface area contributed by atoms with Crippen LogP contribution >= 0.6 is 22.7 Å². The van der Waals surface area contributed by atoms with Crippen molar-refractivity contribution in [1.29, 1.82) is 0 Å². The molecule has 0 unspecified atom stereocenters. The van der Waals surface area contributed by atoms with Crippen molar-refractivity contribution >= 4 is 66.3 Å². The van der Waals surface area contributed by atoms with Crippen LogP contribution < -0.4 is 10.6 Å². The molecule has 8 heteroatoms. The van der Waals surface area contributed by atoms with E-state index in [0.29, 0.717) is 0 Å². The van der Waals surface area contributed by atoms with Gasteiger partial charge in [0.15, 0.2) is 0 Å². The topological polar surface area (TPSA) is 84.0 Å². The van der Waals surface area contributed by atoms with Crippen molar-refractivity contribution in [3.63, 3.8) is 0 Å². The van der Waals surface area contributed by atoms with Crippen LogP contribution in [0.5, 0.6) is 0 Å². The zero-order valence-electron chi connectivity index (χ0n) is 17.3. The van der Waals surface area contributed by atoms with Crippen LogP contribution in [0.25, 0.3) is 41.6 Å². The summed E-state index contributed by atoms with van der Waals surface area (Å²) in [4.78, 5) is 32.3. The molecule has 2 heterocycles. The highest BCUT2D eigenvalue weighted by atomic mass is 32.1. The molecule has 2 amide bonds. The molecule has 2 N–H and O–H groups in total. The lowest BCUT2D eigenvalue weighted by atomic mass is 10.2. The second kappa shape index (κ2) is 8.14. The molecule has 0 bridgehead atoms. The second-order valence-electron chi connectivity index (χ2n) is 7.35. The molecule has 0 fully saturated rings. The average molecular weight is 459 g/mol. The van der Waals surface area contributed by atoms with Gasteiger partial charge in [-0.25, -0.2) is 9.97 Å². The fourth-order valence-electron chi connectivity index (χ4n) is 3.46. The maximum absolute atomic E-state index is 11.4. The maximum atomic E-state index is 11.4. The van der Waals surface area contributed by atoms with Crippen molar-refractivity contribution in [1.82, 2.24) is 9.97 Å². The first-order valence-corrected chi connectivity index (χ1v) is 11.5. The fourth-order valence-corrected chi connectivity index (χ4v) is 5.42. The van der Waals surface area contributed by atoms with E-state index in [4.69, 9.17) is 9.97 Å². The molecule has 5 rings (SSSR count). The highest BCUT2D eigenvalue weighted by Crippen LogP contribution is 2.37. The summed E-state index contributed by atoms with van der Waals surface area (Å²) in [6.45, 7) is 2.99. The van der Waals surface area contributed by atoms with Gasteiger partial charge in [-0.05, 0) is 36.4 Å². The van der Waals surface area contributed by atoms with Crippen LogP contribution in [-0.4, -0.2) is 21.8 Å². The SMILES string of the molecule is CC(=O)Nc1cccc(-c2nc3cc4sc(-c5cccc(NC(C)=O)c5)nc4cc3s2)c1. The number of nitrogens with zero attached hydrogens (tertiary/aromatic N) is 2. The van der Waals surface area contributed by atoms with E-state index in [1.807, 2.05) is 48.5 Å². The summed E-state index contributed by atoms with van der Waals surface area (Å²) in [5, 5.41) is 7.42. The molecule has 0 aliphatic rings. The van der Waals surface area contributed by atoms with Gasteiger partial charge in [-0.3, -0.25) is 9.59 Å². The number of thiazole rings is 2. The third kappa shape index (κ3) is 4.10. The van der Waals surface area contributed by atoms with Crippen molar-refractivity contribution in [2.45, 2.75) is 13.8 Å². The first-order chi connectivity index (χ1) is 15.4. The highest BCUT2D eigenvalue weighted by molar-refractivity contribution is 7.23. The molecule has 6 nitrogen and oxygen atoms in total. The summed E-state index contributed by atoms with van der Waals surface area (Å²) in [6, 6.07) is 19.5. The van der Waals surface area contributed by atoms with Crippen LogP contribution in [0.1, 0.15) is 13.8 Å². The minimum Gasteiger partial charge on any atom is -0.326 e. The van der Waals surface area contributed by atoms with Gasteiger partial charge in [0, 0.05) is 36.3 Å². The lowest BCUT2D eigenvalue weighted by Gasteiger charge is -2.03. The first-order valence-electron chi connectivity index (χ1n) is 9.92. The summed E-state index contributed by atoms with van der Waals surface area (Å²) >= 11 is 3.20. The summed E-state index contributed by atoms with van der Waals surface area (Å²) in [5.41, 5.74) is 5.27. The van der Waals surface area contributed by atoms with Gasteiger partial charge >= 0.3 is 0 Å². The van der Waals surface area contributed by atoms with Gasteiger partial charge < -0.3 is 10.6 Å². The number of carbonyl (C=O) groups excluding carboxylic acids is 2. The Hall–Kier alpha value is -3.62. The lowest BCUT2D eigenvalue weighted by molar-refractivity contribution is -0.115. The summed E-state index contributed by atoms with van der Waals surface area (Å²) in [7, 11) is 0.